The lowest BCUT2D eigenvalue weighted by atomic mass is 9.98. The number of allylic oxidation sites excluding steroid dienone is 8. The van der Waals surface area contributed by atoms with Gasteiger partial charge in [0.15, 0.2) is 0 Å². The van der Waals surface area contributed by atoms with Crippen LogP contribution >= 0.6 is 0 Å². The normalized spacial score (nSPS) is 13.9. The number of ether oxygens (including phenoxy) is 1. The molecule has 0 fully saturated rings. The molecule has 42 heavy (non-hydrogen) atoms. The molecule has 0 aliphatic heterocycles. The van der Waals surface area contributed by atoms with Crippen LogP contribution in [-0.2, 0) is 22.4 Å². The van der Waals surface area contributed by atoms with Gasteiger partial charge in [0.2, 0.25) is 0 Å². The van der Waals surface area contributed by atoms with Crippen LogP contribution in [-0.4, -0.2) is 48.8 Å². The molecular formula is C36H50N4O2. The number of rotatable bonds is 18. The molecule has 1 amide bonds. The van der Waals surface area contributed by atoms with E-state index in [-0.39, 0.29) is 12.0 Å². The number of nitrogens with zero attached hydrogens (tertiary/aromatic N) is 4. The maximum Gasteiger partial charge on any atom is 0.256 e. The van der Waals surface area contributed by atoms with Gasteiger partial charge in [0, 0.05) is 23.9 Å². The van der Waals surface area contributed by atoms with Crippen LogP contribution in [0.5, 0.6) is 0 Å². The minimum atomic E-state index is -0.127. The van der Waals surface area contributed by atoms with E-state index < -0.39 is 0 Å². The first-order valence-electron chi connectivity index (χ1n) is 14.8. The van der Waals surface area contributed by atoms with E-state index >= 15 is 0 Å². The van der Waals surface area contributed by atoms with Crippen molar-refractivity contribution < 1.29 is 9.53 Å². The Morgan fingerprint density at radius 2 is 1.79 bits per heavy atom. The third kappa shape index (κ3) is 12.7. The highest BCUT2D eigenvalue weighted by Crippen LogP contribution is 2.21. The molecule has 0 spiro atoms. The lowest BCUT2D eigenvalue weighted by molar-refractivity contribution is -0.127. The van der Waals surface area contributed by atoms with Crippen molar-refractivity contribution in [2.75, 3.05) is 20.3 Å². The summed E-state index contributed by atoms with van der Waals surface area (Å²) in [6.07, 6.45) is 14.8. The van der Waals surface area contributed by atoms with E-state index in [1.807, 2.05) is 58.2 Å². The van der Waals surface area contributed by atoms with Crippen molar-refractivity contribution in [3.05, 3.63) is 107 Å². The number of hydrogen-bond donors (Lipinski definition) is 0. The third-order valence-corrected chi connectivity index (χ3v) is 6.88. The lowest BCUT2D eigenvalue weighted by Gasteiger charge is -2.29. The summed E-state index contributed by atoms with van der Waals surface area (Å²) < 4.78 is 6.04. The maximum absolute atomic E-state index is 14.0. The zero-order valence-electron chi connectivity index (χ0n) is 26.8. The van der Waals surface area contributed by atoms with Crippen LogP contribution in [0.2, 0.25) is 0 Å². The molecule has 0 heterocycles. The molecule has 1 unspecified atom stereocenters. The molecule has 0 aliphatic carbocycles. The van der Waals surface area contributed by atoms with Crippen molar-refractivity contribution in [2.45, 2.75) is 79.8 Å². The van der Waals surface area contributed by atoms with Crippen LogP contribution in [0.3, 0.4) is 0 Å². The molecule has 0 radical (unpaired) electrons. The molecule has 0 N–H and O–H groups in total. The van der Waals surface area contributed by atoms with Gasteiger partial charge >= 0.3 is 0 Å². The van der Waals surface area contributed by atoms with Crippen molar-refractivity contribution in [3.8, 4) is 6.07 Å². The van der Waals surface area contributed by atoms with Crippen molar-refractivity contribution in [1.82, 2.24) is 9.80 Å². The quantitative estimate of drug-likeness (QED) is 0.0588. The smallest absolute Gasteiger partial charge is 0.256 e. The van der Waals surface area contributed by atoms with Crippen molar-refractivity contribution in [1.29, 1.82) is 5.26 Å². The number of nitriles is 1. The molecular weight excluding hydrogens is 520 g/mol. The monoisotopic (exact) mass is 570 g/mol. The van der Waals surface area contributed by atoms with Gasteiger partial charge in [-0.25, -0.2) is 0 Å². The standard InChI is InChI=1S/C36H50N4O2/c1-10-14-15-16-31(21-22-37)24-32-17-19-33(20-18-32)25-34(26-38-8)36(41)40(27-39(9)13-4)29(6)23-28(5)35(12-3)42-30(7)11-2/h12,14-20,23,26,30H,3,8,10-11,13,21,24-25,27H2,1-2,4-7,9H3/b15-14-,29-23+,31-16+,34-26-,35-28+. The third-order valence-electron chi connectivity index (χ3n) is 6.88. The highest BCUT2D eigenvalue weighted by molar-refractivity contribution is 5.95. The Morgan fingerprint density at radius 3 is 2.31 bits per heavy atom. The van der Waals surface area contributed by atoms with Gasteiger partial charge in [0.1, 0.15) is 5.76 Å². The summed E-state index contributed by atoms with van der Waals surface area (Å²) in [6, 6.07) is 10.4. The Bertz CT molecular complexity index is 1230. The minimum Gasteiger partial charge on any atom is -0.490 e. The van der Waals surface area contributed by atoms with E-state index in [4.69, 9.17) is 4.74 Å². The van der Waals surface area contributed by atoms with Crippen LogP contribution in [0.4, 0.5) is 0 Å². The summed E-state index contributed by atoms with van der Waals surface area (Å²) in [7, 11) is 1.98. The summed E-state index contributed by atoms with van der Waals surface area (Å²) in [4.78, 5) is 21.8. The Kier molecular flexibility index (Phi) is 17.2. The summed E-state index contributed by atoms with van der Waals surface area (Å²) in [5.41, 5.74) is 5.43. The fourth-order valence-corrected chi connectivity index (χ4v) is 4.08. The van der Waals surface area contributed by atoms with Gasteiger partial charge in [-0.05, 0) is 89.2 Å². The fraction of sp³-hybridized carbons (Fsp3) is 0.417. The second-order valence-electron chi connectivity index (χ2n) is 10.4. The summed E-state index contributed by atoms with van der Waals surface area (Å²) in [5, 5.41) is 9.21. The number of benzene rings is 1. The molecule has 1 rings (SSSR count). The largest absolute Gasteiger partial charge is 0.490 e. The van der Waals surface area contributed by atoms with Gasteiger partial charge < -0.3 is 4.74 Å². The molecule has 6 heteroatoms. The van der Waals surface area contributed by atoms with Gasteiger partial charge in [0.25, 0.3) is 5.91 Å². The average molecular weight is 571 g/mol. The molecule has 0 saturated heterocycles. The van der Waals surface area contributed by atoms with Crippen molar-refractivity contribution in [2.24, 2.45) is 4.99 Å². The number of amides is 1. The predicted octanol–water partition coefficient (Wildman–Crippen LogP) is 8.08. The molecule has 0 aliphatic rings. The van der Waals surface area contributed by atoms with Gasteiger partial charge in [-0.1, -0.05) is 75.4 Å². The Labute approximate surface area is 254 Å². The number of carbonyl (C=O) groups excluding carboxylic acids is 1. The van der Waals surface area contributed by atoms with Gasteiger partial charge in [-0.3, -0.25) is 19.6 Å². The van der Waals surface area contributed by atoms with Crippen LogP contribution in [0, 0.1) is 11.3 Å². The number of aliphatic imine (C=N–C) groups is 1. The van der Waals surface area contributed by atoms with E-state index in [1.165, 1.54) is 0 Å². The zero-order valence-corrected chi connectivity index (χ0v) is 26.8. The summed E-state index contributed by atoms with van der Waals surface area (Å²) >= 11 is 0. The Morgan fingerprint density at radius 1 is 1.14 bits per heavy atom. The van der Waals surface area contributed by atoms with Crippen LogP contribution in [0.25, 0.3) is 0 Å². The molecule has 1 aromatic rings. The second-order valence-corrected chi connectivity index (χ2v) is 10.4. The van der Waals surface area contributed by atoms with E-state index in [1.54, 1.807) is 17.2 Å². The zero-order chi connectivity index (χ0) is 31.5. The molecule has 226 valence electrons. The first-order chi connectivity index (χ1) is 20.1. The lowest BCUT2D eigenvalue weighted by Crippen LogP contribution is -2.39. The Hall–Kier alpha value is -3.95. The SMILES string of the molecule is C=C/C(OC(C)CC)=C(C)\C=C(/C)N(CN(C)CC)C(=O)/C(=C\N=C)Cc1ccc(C/C(=C/C=C\CC)CC#N)cc1. The van der Waals surface area contributed by atoms with E-state index in [0.717, 1.165) is 47.4 Å². The molecule has 1 aromatic carbocycles. The first kappa shape index (κ1) is 36.1. The second kappa shape index (κ2) is 20.0. The van der Waals surface area contributed by atoms with E-state index in [2.05, 4.69) is 68.2 Å². The van der Waals surface area contributed by atoms with Crippen LogP contribution in [0.1, 0.15) is 71.9 Å². The molecule has 0 aromatic heterocycles. The van der Waals surface area contributed by atoms with Crippen LogP contribution in [0.15, 0.2) is 101 Å². The van der Waals surface area contributed by atoms with Crippen LogP contribution < -0.4 is 0 Å². The Balaban J connectivity index is 3.30. The number of hydrogen-bond acceptors (Lipinski definition) is 5. The first-order valence-corrected chi connectivity index (χ1v) is 14.8. The molecule has 0 saturated carbocycles. The minimum absolute atomic E-state index is 0.0667. The summed E-state index contributed by atoms with van der Waals surface area (Å²) in [5.74, 6) is 0.580. The predicted molar refractivity (Wildman–Crippen MR) is 177 cm³/mol. The molecule has 0 bridgehead atoms. The molecule has 1 atom stereocenters. The van der Waals surface area contributed by atoms with E-state index in [9.17, 15) is 10.1 Å². The van der Waals surface area contributed by atoms with Crippen molar-refractivity contribution in [3.63, 3.8) is 0 Å². The maximum atomic E-state index is 14.0. The van der Waals surface area contributed by atoms with Gasteiger partial charge in [-0.2, -0.15) is 5.26 Å². The number of carbonyl (C=O) groups is 1. The van der Waals surface area contributed by atoms with E-state index in [0.29, 0.717) is 37.3 Å². The highest BCUT2D eigenvalue weighted by atomic mass is 16.5. The topological polar surface area (TPSA) is 68.9 Å². The summed E-state index contributed by atoms with van der Waals surface area (Å²) in [6.45, 7) is 20.9. The fourth-order valence-electron chi connectivity index (χ4n) is 4.08. The average Bonchev–Trinajstić information content (AvgIpc) is 2.98. The molecule has 6 nitrogen and oxygen atoms in total. The van der Waals surface area contributed by atoms with Gasteiger partial charge in [0.05, 0.1) is 25.3 Å². The highest BCUT2D eigenvalue weighted by Gasteiger charge is 2.22. The van der Waals surface area contributed by atoms with Gasteiger partial charge in [-0.15, -0.1) is 0 Å². The van der Waals surface area contributed by atoms with Crippen molar-refractivity contribution >= 4 is 12.6 Å².